The number of hydrogen-bond donors (Lipinski definition) is 3. The van der Waals surface area contributed by atoms with Gasteiger partial charge in [0.15, 0.2) is 34.7 Å². The molecule has 1 amide bonds. The summed E-state index contributed by atoms with van der Waals surface area (Å²) in [6, 6.07) is 0.559. The van der Waals surface area contributed by atoms with E-state index in [-0.39, 0.29) is 30.2 Å². The van der Waals surface area contributed by atoms with Gasteiger partial charge in [-0.05, 0) is 82.7 Å². The lowest BCUT2D eigenvalue weighted by Gasteiger charge is -2.52. The van der Waals surface area contributed by atoms with Crippen molar-refractivity contribution < 1.29 is 34.2 Å². The van der Waals surface area contributed by atoms with Crippen LogP contribution in [0.2, 0.25) is 5.02 Å². The first-order valence-electron chi connectivity index (χ1n) is 13.8. The number of benzene rings is 1. The van der Waals surface area contributed by atoms with E-state index in [4.69, 9.17) is 17.3 Å². The zero-order valence-corrected chi connectivity index (χ0v) is 23.9. The van der Waals surface area contributed by atoms with E-state index in [2.05, 4.69) is 18.7 Å². The molecule has 0 radical (unpaired) electrons. The molecule has 4 aliphatic rings. The second-order valence-corrected chi connectivity index (χ2v) is 12.9. The van der Waals surface area contributed by atoms with Crippen LogP contribution in [0.25, 0.3) is 0 Å². The van der Waals surface area contributed by atoms with Crippen molar-refractivity contribution in [2.24, 2.45) is 35.3 Å². The Labute approximate surface area is 237 Å². The summed E-state index contributed by atoms with van der Waals surface area (Å²) in [5.74, 6) is -10.0. The van der Waals surface area contributed by atoms with Crippen molar-refractivity contribution in [3.63, 3.8) is 0 Å². The first-order chi connectivity index (χ1) is 18.7. The molecule has 40 heavy (non-hydrogen) atoms. The number of carbonyl (C=O) groups excluding carboxylic acids is 5. The lowest BCUT2D eigenvalue weighted by Crippen LogP contribution is -2.74. The molecule has 0 spiro atoms. The number of phenols is 1. The number of primary amides is 1. The molecule has 3 unspecified atom stereocenters. The smallest absolute Gasteiger partial charge is 0.235 e. The fraction of sp³-hybridized carbons (Fsp3) is 0.621. The molecular weight excluding hydrogens is 538 g/mol. The monoisotopic (exact) mass is 573 g/mol. The van der Waals surface area contributed by atoms with E-state index >= 15 is 0 Å². The van der Waals surface area contributed by atoms with Gasteiger partial charge >= 0.3 is 0 Å². The van der Waals surface area contributed by atoms with Gasteiger partial charge in [0.1, 0.15) is 5.75 Å². The van der Waals surface area contributed by atoms with Gasteiger partial charge in [0.25, 0.3) is 0 Å². The molecule has 0 aliphatic heterocycles. The van der Waals surface area contributed by atoms with Gasteiger partial charge in [-0.3, -0.25) is 33.8 Å². The largest absolute Gasteiger partial charge is 0.507 e. The normalized spacial score (nSPS) is 32.0. The van der Waals surface area contributed by atoms with Gasteiger partial charge in [0.05, 0.1) is 17.5 Å². The van der Waals surface area contributed by atoms with Gasteiger partial charge in [-0.2, -0.15) is 0 Å². The maximum atomic E-state index is 13.9. The van der Waals surface area contributed by atoms with E-state index in [0.29, 0.717) is 28.6 Å². The van der Waals surface area contributed by atoms with Gasteiger partial charge in [-0.25, -0.2) is 0 Å². The Morgan fingerprint density at radius 1 is 1.18 bits per heavy atom. The van der Waals surface area contributed by atoms with E-state index in [1.807, 2.05) is 0 Å². The lowest BCUT2D eigenvalue weighted by molar-refractivity contribution is -0.181. The van der Waals surface area contributed by atoms with Crippen molar-refractivity contribution in [2.75, 3.05) is 20.6 Å². The van der Waals surface area contributed by atoms with Crippen LogP contribution in [0.1, 0.15) is 54.6 Å². The first-order valence-corrected chi connectivity index (χ1v) is 14.2. The van der Waals surface area contributed by atoms with Gasteiger partial charge in [-0.1, -0.05) is 11.6 Å². The minimum atomic E-state index is -2.74. The van der Waals surface area contributed by atoms with Crippen LogP contribution in [0.4, 0.5) is 0 Å². The van der Waals surface area contributed by atoms with E-state index in [1.54, 1.807) is 14.1 Å². The minimum absolute atomic E-state index is 0.00892. The third-order valence-corrected chi connectivity index (χ3v) is 9.83. The standard InChI is InChI=1S/C29H36ClN3O7/c1-12(2)33(10-13-5-6-13)11-15-9-18(34)20-16(22(15)30)7-14-8-17-23(32(3)4)25(36)21(28(31)39)27(38)29(17,40)26(37)19(14)24(20)35/h9,12-14,17,19,21,23,34,40H,5-8,10-11H2,1-4H3,(H2,31,39)/t14-,17-,19?,21?,23-,29?/m0/s1. The average Bonchev–Trinajstić information content (AvgIpc) is 3.67. The number of carbonyl (C=O) groups is 5. The second-order valence-electron chi connectivity index (χ2n) is 12.5. The number of fused-ring (bicyclic) bond motifs is 3. The Bertz CT molecular complexity index is 1320. The average molecular weight is 574 g/mol. The number of nitrogens with two attached hydrogens (primary N) is 1. The predicted octanol–water partition coefficient (Wildman–Crippen LogP) is 1.14. The molecule has 4 N–H and O–H groups in total. The molecule has 11 heteroatoms. The van der Waals surface area contributed by atoms with E-state index in [1.165, 1.54) is 23.8 Å². The van der Waals surface area contributed by atoms with Crippen LogP contribution in [0.15, 0.2) is 6.07 Å². The molecule has 0 heterocycles. The topological polar surface area (TPSA) is 158 Å². The van der Waals surface area contributed by atoms with E-state index in [0.717, 1.165) is 6.54 Å². The fourth-order valence-corrected chi connectivity index (χ4v) is 7.42. The Morgan fingerprint density at radius 3 is 2.38 bits per heavy atom. The molecule has 3 saturated carbocycles. The molecule has 5 rings (SSSR count). The third-order valence-electron chi connectivity index (χ3n) is 9.36. The van der Waals surface area contributed by atoms with E-state index < -0.39 is 64.4 Å². The van der Waals surface area contributed by atoms with Gasteiger partial charge in [0, 0.05) is 30.1 Å². The minimum Gasteiger partial charge on any atom is -0.507 e. The summed E-state index contributed by atoms with van der Waals surface area (Å²) in [6.07, 6.45) is 2.51. The summed E-state index contributed by atoms with van der Waals surface area (Å²) in [6.45, 7) is 5.57. The molecule has 216 valence electrons. The van der Waals surface area contributed by atoms with Crippen LogP contribution >= 0.6 is 11.6 Å². The molecule has 3 fully saturated rings. The maximum absolute atomic E-state index is 13.9. The molecule has 0 bridgehead atoms. The van der Waals surface area contributed by atoms with Crippen LogP contribution in [0, 0.1) is 29.6 Å². The van der Waals surface area contributed by atoms with Gasteiger partial charge in [0.2, 0.25) is 5.91 Å². The molecule has 10 nitrogen and oxygen atoms in total. The summed E-state index contributed by atoms with van der Waals surface area (Å²) >= 11 is 6.88. The van der Waals surface area contributed by atoms with Crippen LogP contribution in [-0.2, 0) is 32.1 Å². The van der Waals surface area contributed by atoms with Crippen LogP contribution in [-0.4, -0.2) is 87.4 Å². The van der Waals surface area contributed by atoms with Crippen molar-refractivity contribution in [3.05, 3.63) is 27.8 Å². The molecule has 0 saturated heterocycles. The van der Waals surface area contributed by atoms with Crippen molar-refractivity contribution in [1.82, 2.24) is 9.80 Å². The Morgan fingerprint density at radius 2 is 1.82 bits per heavy atom. The third kappa shape index (κ3) is 4.31. The molecule has 6 atom stereocenters. The summed E-state index contributed by atoms with van der Waals surface area (Å²) in [4.78, 5) is 70.1. The van der Waals surface area contributed by atoms with Crippen molar-refractivity contribution in [1.29, 1.82) is 0 Å². The van der Waals surface area contributed by atoms with Crippen LogP contribution < -0.4 is 5.73 Å². The van der Waals surface area contributed by atoms with Crippen molar-refractivity contribution in [3.8, 4) is 5.75 Å². The van der Waals surface area contributed by atoms with E-state index in [9.17, 15) is 34.2 Å². The number of phenolic OH excluding ortho intramolecular Hbond substituents is 1. The Hall–Kier alpha value is -2.66. The highest BCUT2D eigenvalue weighted by atomic mass is 35.5. The quantitative estimate of drug-likeness (QED) is 0.407. The zero-order valence-electron chi connectivity index (χ0n) is 23.1. The number of likely N-dealkylation sites (N-methyl/N-ethyl adjacent to an activating group) is 1. The second kappa shape index (κ2) is 10.0. The zero-order chi connectivity index (χ0) is 29.4. The summed E-state index contributed by atoms with van der Waals surface area (Å²) < 4.78 is 0. The fourth-order valence-electron chi connectivity index (χ4n) is 7.13. The van der Waals surface area contributed by atoms with Gasteiger partial charge < -0.3 is 15.9 Å². The highest BCUT2D eigenvalue weighted by Crippen LogP contribution is 2.52. The first kappa shape index (κ1) is 28.9. The number of rotatable bonds is 7. The van der Waals surface area contributed by atoms with Crippen molar-refractivity contribution >= 4 is 40.6 Å². The predicted molar refractivity (Wildman–Crippen MR) is 145 cm³/mol. The molecule has 0 aromatic heterocycles. The number of amides is 1. The Kier molecular flexibility index (Phi) is 7.22. The SMILES string of the molecule is CC(C)N(Cc1cc(O)c2c(c1Cl)C[C@H]1C[C@H]3[C@H](N(C)C)C(=O)C(C(N)=O)C(=O)C3(O)C(=O)C1C2=O)CC1CC1. The van der Waals surface area contributed by atoms with Crippen molar-refractivity contribution in [2.45, 2.75) is 63.8 Å². The van der Waals surface area contributed by atoms with Crippen LogP contribution in [0.5, 0.6) is 5.75 Å². The lowest BCUT2D eigenvalue weighted by atomic mass is 9.52. The number of aliphatic hydroxyl groups is 1. The molecular formula is C29H36ClN3O7. The van der Waals surface area contributed by atoms with Crippen LogP contribution in [0.3, 0.4) is 0 Å². The number of aromatic hydroxyl groups is 1. The summed E-state index contributed by atoms with van der Waals surface area (Å²) in [5, 5.41) is 23.0. The number of halogens is 1. The number of Topliss-reactive ketones (excluding diaryl/α,β-unsaturated/α-hetero) is 4. The maximum Gasteiger partial charge on any atom is 0.235 e. The number of hydrogen-bond acceptors (Lipinski definition) is 9. The molecule has 1 aromatic rings. The van der Waals surface area contributed by atoms with Gasteiger partial charge in [-0.15, -0.1) is 0 Å². The highest BCUT2D eigenvalue weighted by molar-refractivity contribution is 6.34. The number of ketones is 4. The Balaban J connectivity index is 1.55. The molecule has 4 aliphatic carbocycles. The number of nitrogens with zero attached hydrogens (tertiary/aromatic N) is 2. The summed E-state index contributed by atoms with van der Waals surface area (Å²) in [7, 11) is 3.11. The highest BCUT2D eigenvalue weighted by Gasteiger charge is 2.69. The summed E-state index contributed by atoms with van der Waals surface area (Å²) in [5.41, 5.74) is 3.64. The molecule has 1 aromatic carbocycles.